The highest BCUT2D eigenvalue weighted by Crippen LogP contribution is 2.10. The summed E-state index contributed by atoms with van der Waals surface area (Å²) >= 11 is 0. The van der Waals surface area contributed by atoms with Crippen molar-refractivity contribution >= 4 is 0 Å². The van der Waals surface area contributed by atoms with E-state index in [0.717, 1.165) is 25.7 Å². The third-order valence-electron chi connectivity index (χ3n) is 2.32. The summed E-state index contributed by atoms with van der Waals surface area (Å²) in [5.41, 5.74) is 0. The highest BCUT2D eigenvalue weighted by Gasteiger charge is 2.14. The molecule has 0 rings (SSSR count). The zero-order valence-electron chi connectivity index (χ0n) is 9.65. The Morgan fingerprint density at radius 1 is 1.19 bits per heavy atom. The van der Waals surface area contributed by atoms with Crippen LogP contribution in [0, 0.1) is 24.2 Å². The van der Waals surface area contributed by atoms with Gasteiger partial charge in [0.1, 0.15) is 0 Å². The van der Waals surface area contributed by atoms with Gasteiger partial charge in [0.05, 0.1) is 12.2 Å². The Labute approximate surface area is 98.4 Å². The SMILES string of the molecule is C#CC#CC[C@H](O)[C@@H](O)CCCCCC=C. The molecule has 2 heteroatoms. The molecule has 0 aromatic rings. The van der Waals surface area contributed by atoms with Gasteiger partial charge in [-0.2, -0.15) is 0 Å². The van der Waals surface area contributed by atoms with Crippen molar-refractivity contribution in [3.63, 3.8) is 0 Å². The van der Waals surface area contributed by atoms with Crippen molar-refractivity contribution in [3.05, 3.63) is 12.7 Å². The van der Waals surface area contributed by atoms with Crippen molar-refractivity contribution in [1.82, 2.24) is 0 Å². The lowest BCUT2D eigenvalue weighted by molar-refractivity contribution is 0.0165. The molecule has 0 unspecified atom stereocenters. The molecule has 0 heterocycles. The van der Waals surface area contributed by atoms with Gasteiger partial charge in [0.25, 0.3) is 0 Å². The summed E-state index contributed by atoms with van der Waals surface area (Å²) in [5, 5.41) is 19.1. The summed E-state index contributed by atoms with van der Waals surface area (Å²) in [6, 6.07) is 0. The monoisotopic (exact) mass is 220 g/mol. The van der Waals surface area contributed by atoms with Gasteiger partial charge in [-0.25, -0.2) is 0 Å². The van der Waals surface area contributed by atoms with Crippen LogP contribution in [0.2, 0.25) is 0 Å². The molecule has 2 atom stereocenters. The van der Waals surface area contributed by atoms with Gasteiger partial charge >= 0.3 is 0 Å². The smallest absolute Gasteiger partial charge is 0.0908 e. The number of aliphatic hydroxyl groups is 2. The van der Waals surface area contributed by atoms with E-state index in [4.69, 9.17) is 6.42 Å². The third-order valence-corrected chi connectivity index (χ3v) is 2.32. The van der Waals surface area contributed by atoms with E-state index in [9.17, 15) is 10.2 Å². The van der Waals surface area contributed by atoms with E-state index in [1.54, 1.807) is 0 Å². The predicted molar refractivity (Wildman–Crippen MR) is 66.5 cm³/mol. The van der Waals surface area contributed by atoms with Gasteiger partial charge in [0, 0.05) is 6.42 Å². The second-order valence-electron chi connectivity index (χ2n) is 3.71. The van der Waals surface area contributed by atoms with E-state index in [1.165, 1.54) is 0 Å². The summed E-state index contributed by atoms with van der Waals surface area (Å²) in [4.78, 5) is 0. The molecule has 0 aliphatic heterocycles. The van der Waals surface area contributed by atoms with Gasteiger partial charge in [0.15, 0.2) is 0 Å². The molecule has 0 aromatic carbocycles. The van der Waals surface area contributed by atoms with Crippen LogP contribution in [0.4, 0.5) is 0 Å². The summed E-state index contributed by atoms with van der Waals surface area (Å²) in [6.45, 7) is 3.64. The van der Waals surface area contributed by atoms with Gasteiger partial charge in [0.2, 0.25) is 0 Å². The number of allylic oxidation sites excluding steroid dienone is 1. The normalized spacial score (nSPS) is 13.1. The van der Waals surface area contributed by atoms with Crippen LogP contribution in [0.5, 0.6) is 0 Å². The number of terminal acetylenes is 1. The van der Waals surface area contributed by atoms with E-state index in [-0.39, 0.29) is 6.42 Å². The average molecular weight is 220 g/mol. The highest BCUT2D eigenvalue weighted by molar-refractivity contribution is 5.21. The zero-order chi connectivity index (χ0) is 12.2. The molecule has 0 aliphatic rings. The molecule has 0 saturated carbocycles. The average Bonchev–Trinajstić information content (AvgIpc) is 2.28. The predicted octanol–water partition coefficient (Wildman–Crippen LogP) is 1.87. The van der Waals surface area contributed by atoms with E-state index in [2.05, 4.69) is 24.3 Å². The highest BCUT2D eigenvalue weighted by atomic mass is 16.3. The number of hydrogen-bond donors (Lipinski definition) is 2. The summed E-state index contributed by atoms with van der Waals surface area (Å²) in [7, 11) is 0. The fourth-order valence-corrected chi connectivity index (χ4v) is 1.35. The molecule has 0 aliphatic carbocycles. The molecule has 0 spiro atoms. The van der Waals surface area contributed by atoms with Crippen molar-refractivity contribution in [2.24, 2.45) is 0 Å². The first-order valence-electron chi connectivity index (χ1n) is 5.62. The van der Waals surface area contributed by atoms with Crippen LogP contribution < -0.4 is 0 Å². The zero-order valence-corrected chi connectivity index (χ0v) is 9.65. The molecular formula is C14H20O2. The van der Waals surface area contributed by atoms with Crippen molar-refractivity contribution in [1.29, 1.82) is 0 Å². The van der Waals surface area contributed by atoms with E-state index < -0.39 is 12.2 Å². The molecule has 16 heavy (non-hydrogen) atoms. The van der Waals surface area contributed by atoms with Crippen LogP contribution >= 0.6 is 0 Å². The minimum atomic E-state index is -0.791. The molecule has 0 fully saturated rings. The maximum atomic E-state index is 9.58. The lowest BCUT2D eigenvalue weighted by atomic mass is 10.0. The third kappa shape index (κ3) is 8.12. The van der Waals surface area contributed by atoms with E-state index >= 15 is 0 Å². The standard InChI is InChI=1S/C14H20O2/c1-3-5-7-8-10-12-14(16)13(15)11-9-6-4-2/h2-3,13-16H,1,5,7-8,10-12H2/t13-,14-/m0/s1. The van der Waals surface area contributed by atoms with Gasteiger partial charge in [-0.15, -0.1) is 13.0 Å². The lowest BCUT2D eigenvalue weighted by Crippen LogP contribution is -2.25. The summed E-state index contributed by atoms with van der Waals surface area (Å²) in [5.74, 6) is 7.20. The number of hydrogen-bond acceptors (Lipinski definition) is 2. The minimum Gasteiger partial charge on any atom is -0.390 e. The van der Waals surface area contributed by atoms with Crippen LogP contribution in [0.15, 0.2) is 12.7 Å². The Morgan fingerprint density at radius 3 is 2.56 bits per heavy atom. The molecule has 0 bridgehead atoms. The summed E-state index contributed by atoms with van der Waals surface area (Å²) < 4.78 is 0. The van der Waals surface area contributed by atoms with Crippen molar-refractivity contribution < 1.29 is 10.2 Å². The molecular weight excluding hydrogens is 200 g/mol. The Morgan fingerprint density at radius 2 is 1.94 bits per heavy atom. The van der Waals surface area contributed by atoms with E-state index in [0.29, 0.717) is 6.42 Å². The van der Waals surface area contributed by atoms with Gasteiger partial charge in [-0.3, -0.25) is 0 Å². The first-order valence-corrected chi connectivity index (χ1v) is 5.62. The number of rotatable bonds is 8. The minimum absolute atomic E-state index is 0.234. The maximum Gasteiger partial charge on any atom is 0.0908 e. The van der Waals surface area contributed by atoms with Crippen molar-refractivity contribution in [2.45, 2.75) is 50.7 Å². The van der Waals surface area contributed by atoms with Gasteiger partial charge < -0.3 is 10.2 Å². The fourth-order valence-electron chi connectivity index (χ4n) is 1.35. The number of aliphatic hydroxyl groups excluding tert-OH is 2. The van der Waals surface area contributed by atoms with Crippen molar-refractivity contribution in [3.8, 4) is 24.2 Å². The maximum absolute atomic E-state index is 9.58. The van der Waals surface area contributed by atoms with Crippen LogP contribution in [0.1, 0.15) is 38.5 Å². The summed E-state index contributed by atoms with van der Waals surface area (Å²) in [6.07, 6.45) is 10.2. The fraction of sp³-hybridized carbons (Fsp3) is 0.571. The van der Waals surface area contributed by atoms with Crippen LogP contribution in [0.3, 0.4) is 0 Å². The molecule has 88 valence electrons. The quantitative estimate of drug-likeness (QED) is 0.372. The van der Waals surface area contributed by atoms with Crippen LogP contribution in [-0.4, -0.2) is 22.4 Å². The van der Waals surface area contributed by atoms with Gasteiger partial charge in [-0.05, 0) is 31.1 Å². The second kappa shape index (κ2) is 10.3. The molecule has 2 N–H and O–H groups in total. The van der Waals surface area contributed by atoms with Gasteiger partial charge in [-0.1, -0.05) is 24.8 Å². The first kappa shape index (κ1) is 14.8. The Balaban J connectivity index is 3.59. The molecule has 2 nitrogen and oxygen atoms in total. The van der Waals surface area contributed by atoms with Crippen molar-refractivity contribution in [2.75, 3.05) is 0 Å². The Kier molecular flexibility index (Phi) is 9.52. The topological polar surface area (TPSA) is 40.5 Å². The Hall–Kier alpha value is -1.22. The van der Waals surface area contributed by atoms with E-state index in [1.807, 2.05) is 6.08 Å². The molecule has 0 radical (unpaired) electrons. The molecule has 0 saturated heterocycles. The lowest BCUT2D eigenvalue weighted by Gasteiger charge is -2.15. The van der Waals surface area contributed by atoms with Crippen LogP contribution in [-0.2, 0) is 0 Å². The van der Waals surface area contributed by atoms with Crippen LogP contribution in [0.25, 0.3) is 0 Å². The first-order chi connectivity index (χ1) is 7.72. The Bertz CT molecular complexity index is 277. The largest absolute Gasteiger partial charge is 0.390 e. The molecule has 0 amide bonds. The molecule has 0 aromatic heterocycles. The second-order valence-corrected chi connectivity index (χ2v) is 3.71. The number of unbranched alkanes of at least 4 members (excludes halogenated alkanes) is 3.